The maximum atomic E-state index is 5.36. The minimum atomic E-state index is -0.202. The molecule has 0 saturated carbocycles. The normalized spacial score (nSPS) is 13.4. The Hall–Kier alpha value is -11.7. The first-order chi connectivity index (χ1) is 68.7. The predicted molar refractivity (Wildman–Crippen MR) is 599 cm³/mol. The number of anilines is 6. The first-order valence-electron chi connectivity index (χ1n) is 54.1. The van der Waals surface area contributed by atoms with Crippen LogP contribution >= 0.6 is 23.5 Å². The van der Waals surface area contributed by atoms with Gasteiger partial charge in [-0.05, 0) is 259 Å². The maximum absolute atomic E-state index is 5.36. The molecular weight excluding hydrogens is 1720 g/mol. The molecule has 0 fully saturated rings. The fourth-order valence-corrected chi connectivity index (χ4v) is 25.7. The molecule has 0 spiro atoms. The SMILES string of the molecule is CCCCCCCCC1(CCCCCCCC)c2cc(-c3ccc(N(c4ccccc4)c4ccccc4)cc3)ccc2-c2ccc(-c3ccc(-c4ccc5c(c4)C(CCCCCC)(CCCCCC)c4cc(-c6ccc(-c7ccc8c(c7)C(CCCCCCCC)(CCCCCCCC)c7cc(-c9ccc(N(c%10ccccc%10)c%10ccccc%10)cc9)ccc7-8)c7nsnc67)ccc4-5)c4nsnc34)cc21. The van der Waals surface area contributed by atoms with Gasteiger partial charge in [0, 0.05) is 72.6 Å². The van der Waals surface area contributed by atoms with Crippen molar-refractivity contribution in [2.45, 2.75) is 302 Å². The Morgan fingerprint density at radius 1 is 0.173 bits per heavy atom. The fraction of sp³-hybridized carbons (Fsp3) is 0.359. The van der Waals surface area contributed by atoms with E-state index in [1.165, 1.54) is 351 Å². The zero-order valence-corrected chi connectivity index (χ0v) is 85.4. The monoisotopic (exact) mass is 1870 g/mol. The molecule has 0 saturated heterocycles. The van der Waals surface area contributed by atoms with Crippen LogP contribution < -0.4 is 9.80 Å². The standard InChI is InChI=1S/C131H144N6S2/c1-7-13-19-25-29-47-85-129(86-48-30-26-20-14-8-2)119-89-97(95-59-69-107(70-60-95)136(103-51-37-33-38-52-103)104-53-39-34-40-54-104)63-73-113(119)115-75-65-99(91-121(115)129)109-79-81-111(127-125(109)132-138-134-127)101-67-77-117-118-78-68-102(94-124(118)131(123(117)93-101,83-45-23-17-11-5)84-46-24-18-12-6)112-82-80-110(126-128(112)135-139-133-126)100-66-76-116-114-74-64-98(96-61-71-108(72-62-96)137(105-55-41-35-42-56-105)106-57-43-36-44-58-106)90-120(114)130(122(116)92-100,87-49-31-27-21-15-9-3)88-50-32-28-22-16-10-4/h33-44,51-82,89-94H,7-32,45-50,83-88H2,1-6H3. The van der Waals surface area contributed by atoms with Crippen LogP contribution in [0.2, 0.25) is 0 Å². The molecule has 139 heavy (non-hydrogen) atoms. The van der Waals surface area contributed by atoms with Crippen LogP contribution in [0, 0.1) is 0 Å². The van der Waals surface area contributed by atoms with Crippen molar-refractivity contribution in [3.05, 3.63) is 337 Å². The third-order valence-electron chi connectivity index (χ3n) is 31.9. The molecule has 0 radical (unpaired) electrons. The number of nitrogens with zero attached hydrogens (tertiary/aromatic N) is 6. The van der Waals surface area contributed by atoms with Gasteiger partial charge in [0.25, 0.3) is 0 Å². The number of hydrogen-bond donors (Lipinski definition) is 0. The minimum absolute atomic E-state index is 0.146. The molecule has 3 aliphatic rings. The molecule has 19 rings (SSSR count). The van der Waals surface area contributed by atoms with E-state index < -0.39 is 0 Å². The summed E-state index contributed by atoms with van der Waals surface area (Å²) in [5, 5.41) is 0. The van der Waals surface area contributed by atoms with Crippen LogP contribution in [-0.4, -0.2) is 17.5 Å². The van der Waals surface area contributed by atoms with E-state index in [1.807, 2.05) is 0 Å². The van der Waals surface area contributed by atoms with Crippen LogP contribution in [0.25, 0.3) is 122 Å². The number of unbranched alkanes of at least 4 members (excludes halogenated alkanes) is 26. The highest BCUT2D eigenvalue weighted by molar-refractivity contribution is 7.00. The summed E-state index contributed by atoms with van der Waals surface area (Å²) in [6.45, 7) is 14.1. The zero-order chi connectivity index (χ0) is 94.8. The number of hydrogen-bond acceptors (Lipinski definition) is 8. The van der Waals surface area contributed by atoms with Crippen molar-refractivity contribution in [1.29, 1.82) is 0 Å². The van der Waals surface area contributed by atoms with E-state index in [0.717, 1.165) is 106 Å². The van der Waals surface area contributed by atoms with E-state index in [4.69, 9.17) is 17.5 Å². The predicted octanol–water partition coefficient (Wildman–Crippen LogP) is 40.4. The summed E-state index contributed by atoms with van der Waals surface area (Å²) in [7, 11) is 0. The molecule has 8 heteroatoms. The molecule has 2 aromatic heterocycles. The van der Waals surface area contributed by atoms with Gasteiger partial charge in [0.2, 0.25) is 0 Å². The quantitative estimate of drug-likeness (QED) is 0.0354. The molecule has 710 valence electrons. The van der Waals surface area contributed by atoms with Crippen LogP contribution in [0.4, 0.5) is 34.1 Å². The van der Waals surface area contributed by atoms with Gasteiger partial charge in [0.1, 0.15) is 22.1 Å². The van der Waals surface area contributed by atoms with E-state index in [9.17, 15) is 0 Å². The molecule has 3 aliphatic carbocycles. The van der Waals surface area contributed by atoms with Gasteiger partial charge in [-0.2, -0.15) is 17.5 Å². The first-order valence-corrected chi connectivity index (χ1v) is 55.6. The molecule has 6 nitrogen and oxygen atoms in total. The molecule has 16 aromatic rings. The summed E-state index contributed by atoms with van der Waals surface area (Å²) in [6.07, 6.45) is 46.9. The highest BCUT2D eigenvalue weighted by atomic mass is 32.1. The Kier molecular flexibility index (Phi) is 31.6. The molecule has 14 aromatic carbocycles. The average molecular weight is 1870 g/mol. The highest BCUT2D eigenvalue weighted by Crippen LogP contribution is 2.61. The summed E-state index contributed by atoms with van der Waals surface area (Å²) in [4.78, 5) is 4.74. The van der Waals surface area contributed by atoms with Gasteiger partial charge in [-0.1, -0.05) is 441 Å². The van der Waals surface area contributed by atoms with Gasteiger partial charge in [-0.3, -0.25) is 0 Å². The minimum Gasteiger partial charge on any atom is -0.311 e. The molecule has 0 N–H and O–H groups in total. The van der Waals surface area contributed by atoms with Crippen molar-refractivity contribution in [3.8, 4) is 100 Å². The van der Waals surface area contributed by atoms with Gasteiger partial charge in [0.15, 0.2) is 0 Å². The van der Waals surface area contributed by atoms with E-state index in [-0.39, 0.29) is 16.2 Å². The lowest BCUT2D eigenvalue weighted by molar-refractivity contribution is 0.398. The van der Waals surface area contributed by atoms with E-state index >= 15 is 0 Å². The topological polar surface area (TPSA) is 58.0 Å². The van der Waals surface area contributed by atoms with Crippen molar-refractivity contribution < 1.29 is 0 Å². The molecule has 2 heterocycles. The van der Waals surface area contributed by atoms with Crippen LogP contribution in [0.5, 0.6) is 0 Å². The van der Waals surface area contributed by atoms with Crippen LogP contribution in [0.1, 0.15) is 319 Å². The van der Waals surface area contributed by atoms with Crippen LogP contribution in [-0.2, 0) is 16.2 Å². The van der Waals surface area contributed by atoms with Crippen LogP contribution in [0.3, 0.4) is 0 Å². The summed E-state index contributed by atoms with van der Waals surface area (Å²) in [6, 6.07) is 117. The molecule has 0 aliphatic heterocycles. The van der Waals surface area contributed by atoms with Crippen molar-refractivity contribution in [1.82, 2.24) is 17.5 Å². The molecule has 0 atom stereocenters. The van der Waals surface area contributed by atoms with Crippen molar-refractivity contribution in [2.75, 3.05) is 9.80 Å². The Morgan fingerprint density at radius 2 is 0.345 bits per heavy atom. The molecule has 0 bridgehead atoms. The van der Waals surface area contributed by atoms with Crippen LogP contribution in [0.15, 0.2) is 303 Å². The summed E-state index contributed by atoms with van der Waals surface area (Å²) >= 11 is 2.74. The number of aromatic nitrogens is 4. The van der Waals surface area contributed by atoms with Gasteiger partial charge in [-0.15, -0.1) is 0 Å². The number of rotatable bonds is 50. The Balaban J connectivity index is 0.661. The van der Waals surface area contributed by atoms with E-state index in [2.05, 4.69) is 355 Å². The lowest BCUT2D eigenvalue weighted by Gasteiger charge is -2.33. The lowest BCUT2D eigenvalue weighted by Crippen LogP contribution is -2.25. The number of fused-ring (bicyclic) bond motifs is 11. The van der Waals surface area contributed by atoms with E-state index in [1.54, 1.807) is 0 Å². The number of para-hydroxylation sites is 4. The van der Waals surface area contributed by atoms with Crippen molar-refractivity contribution >= 4 is 79.6 Å². The Morgan fingerprint density at radius 3 is 0.568 bits per heavy atom. The second-order valence-corrected chi connectivity index (χ2v) is 41.9. The second-order valence-electron chi connectivity index (χ2n) is 40.9. The third-order valence-corrected chi connectivity index (χ3v) is 32.9. The van der Waals surface area contributed by atoms with Gasteiger partial charge in [-0.25, -0.2) is 0 Å². The van der Waals surface area contributed by atoms with E-state index in [0.29, 0.717) is 0 Å². The van der Waals surface area contributed by atoms with Crippen molar-refractivity contribution in [2.24, 2.45) is 0 Å². The number of benzene rings is 14. The summed E-state index contributed by atoms with van der Waals surface area (Å²) in [5.74, 6) is 0. The zero-order valence-electron chi connectivity index (χ0n) is 83.7. The molecular formula is C131H144N6S2. The molecule has 0 amide bonds. The fourth-order valence-electron chi connectivity index (χ4n) is 24.5. The lowest BCUT2D eigenvalue weighted by atomic mass is 9.69. The van der Waals surface area contributed by atoms with Gasteiger partial charge < -0.3 is 9.80 Å². The average Bonchev–Trinajstić information content (AvgIpc) is 1.57. The largest absolute Gasteiger partial charge is 0.311 e. The van der Waals surface area contributed by atoms with Crippen molar-refractivity contribution in [3.63, 3.8) is 0 Å². The van der Waals surface area contributed by atoms with Gasteiger partial charge in [0.05, 0.1) is 23.5 Å². The highest BCUT2D eigenvalue weighted by Gasteiger charge is 2.47. The third kappa shape index (κ3) is 20.3. The summed E-state index contributed by atoms with van der Waals surface area (Å²) < 4.78 is 21.4. The second kappa shape index (κ2) is 45.7. The smallest absolute Gasteiger partial charge is 0.113 e. The molecule has 0 unspecified atom stereocenters. The first kappa shape index (κ1) is 96.2. The Bertz CT molecular complexity index is 6230. The van der Waals surface area contributed by atoms with Gasteiger partial charge >= 0.3 is 0 Å². The Labute approximate surface area is 839 Å². The summed E-state index contributed by atoms with van der Waals surface area (Å²) in [5.41, 5.74) is 42.4. The maximum Gasteiger partial charge on any atom is 0.113 e.